The van der Waals surface area contributed by atoms with Gasteiger partial charge < -0.3 is 5.11 Å². The van der Waals surface area contributed by atoms with Crippen LogP contribution in [0.3, 0.4) is 0 Å². The largest absolute Gasteiger partial charge is 0.395 e. The standard InChI is InChI=1S/C27H34N2O3S/c1-2-3-5-10-22-13-15-24(16-14-22)27-25-19-28(17-8-9-18-29(25)26(27)20-30)33(31,32)21-23-11-6-4-7-12-23/h4,6-7,11-16,25-27,30H,2-3,8-9,17-21H2,1H3/t25-,26-,27-/m1/s1. The summed E-state index contributed by atoms with van der Waals surface area (Å²) in [5.74, 6) is 6.52. The number of unbranched alkanes of at least 4 members (excludes halogenated alkanes) is 1. The van der Waals surface area contributed by atoms with E-state index in [2.05, 4.69) is 35.8 Å². The van der Waals surface area contributed by atoms with Crippen molar-refractivity contribution in [3.63, 3.8) is 0 Å². The van der Waals surface area contributed by atoms with Gasteiger partial charge in [-0.2, -0.15) is 0 Å². The molecule has 0 amide bonds. The highest BCUT2D eigenvalue weighted by atomic mass is 32.2. The van der Waals surface area contributed by atoms with E-state index in [1.807, 2.05) is 42.5 Å². The van der Waals surface area contributed by atoms with E-state index in [-0.39, 0.29) is 30.4 Å². The number of benzene rings is 2. The molecular weight excluding hydrogens is 432 g/mol. The first-order valence-electron chi connectivity index (χ1n) is 12.0. The van der Waals surface area contributed by atoms with E-state index >= 15 is 0 Å². The van der Waals surface area contributed by atoms with Crippen LogP contribution in [0.4, 0.5) is 0 Å². The molecular formula is C27H34N2O3S. The Morgan fingerprint density at radius 1 is 1.03 bits per heavy atom. The fourth-order valence-electron chi connectivity index (χ4n) is 5.12. The topological polar surface area (TPSA) is 60.9 Å². The molecule has 2 aromatic rings. The Labute approximate surface area is 198 Å². The molecule has 2 aromatic carbocycles. The van der Waals surface area contributed by atoms with Gasteiger partial charge in [0, 0.05) is 43.1 Å². The molecule has 0 saturated carbocycles. The summed E-state index contributed by atoms with van der Waals surface area (Å²) in [6.45, 7) is 4.12. The molecule has 33 heavy (non-hydrogen) atoms. The lowest BCUT2D eigenvalue weighted by Gasteiger charge is -2.57. The molecule has 1 N–H and O–H groups in total. The summed E-state index contributed by atoms with van der Waals surface area (Å²) in [6, 6.07) is 17.8. The zero-order valence-corrected chi connectivity index (χ0v) is 20.2. The second kappa shape index (κ2) is 10.8. The zero-order chi connectivity index (χ0) is 23.3. The number of rotatable bonds is 6. The van der Waals surface area contributed by atoms with Crippen molar-refractivity contribution in [1.29, 1.82) is 0 Å². The lowest BCUT2D eigenvalue weighted by Crippen LogP contribution is -2.67. The molecule has 2 aliphatic heterocycles. The molecule has 2 fully saturated rings. The third kappa shape index (κ3) is 5.50. The van der Waals surface area contributed by atoms with Crippen molar-refractivity contribution in [2.24, 2.45) is 0 Å². The van der Waals surface area contributed by atoms with E-state index in [0.717, 1.165) is 48.9 Å². The molecule has 0 radical (unpaired) electrons. The maximum atomic E-state index is 13.3. The lowest BCUT2D eigenvalue weighted by molar-refractivity contribution is -0.0554. The summed E-state index contributed by atoms with van der Waals surface area (Å²) >= 11 is 0. The van der Waals surface area contributed by atoms with Gasteiger partial charge in [0.25, 0.3) is 0 Å². The number of hydrogen-bond acceptors (Lipinski definition) is 4. The Kier molecular flexibility index (Phi) is 7.87. The van der Waals surface area contributed by atoms with Gasteiger partial charge in [-0.15, -0.1) is 0 Å². The second-order valence-corrected chi connectivity index (χ2v) is 11.0. The van der Waals surface area contributed by atoms with Gasteiger partial charge in [-0.3, -0.25) is 4.90 Å². The quantitative estimate of drug-likeness (QED) is 0.661. The molecule has 0 bridgehead atoms. The van der Waals surface area contributed by atoms with Crippen LogP contribution in [-0.4, -0.2) is 61.1 Å². The minimum Gasteiger partial charge on any atom is -0.395 e. The predicted octanol–water partition coefficient (Wildman–Crippen LogP) is 3.59. The SMILES string of the molecule is CCCC#Cc1ccc([C@H]2[C@@H](CO)N3CCCCN(S(=O)(=O)Cc4ccccc4)C[C@H]23)cc1. The number of sulfonamides is 1. The van der Waals surface area contributed by atoms with Gasteiger partial charge >= 0.3 is 0 Å². The number of aliphatic hydroxyl groups excluding tert-OH is 1. The molecule has 0 spiro atoms. The van der Waals surface area contributed by atoms with Gasteiger partial charge in [0.1, 0.15) is 0 Å². The highest BCUT2D eigenvalue weighted by Crippen LogP contribution is 2.42. The van der Waals surface area contributed by atoms with Crippen molar-refractivity contribution in [3.8, 4) is 11.8 Å². The molecule has 2 aliphatic rings. The van der Waals surface area contributed by atoms with Crippen molar-refractivity contribution in [3.05, 3.63) is 71.3 Å². The van der Waals surface area contributed by atoms with Gasteiger partial charge in [-0.05, 0) is 49.1 Å². The van der Waals surface area contributed by atoms with Crippen LogP contribution in [0.1, 0.15) is 55.2 Å². The maximum absolute atomic E-state index is 13.3. The molecule has 0 aromatic heterocycles. The van der Waals surface area contributed by atoms with Gasteiger partial charge in [0.2, 0.25) is 10.0 Å². The molecule has 176 valence electrons. The van der Waals surface area contributed by atoms with Crippen molar-refractivity contribution < 1.29 is 13.5 Å². The summed E-state index contributed by atoms with van der Waals surface area (Å²) in [5.41, 5.74) is 2.96. The van der Waals surface area contributed by atoms with Crippen molar-refractivity contribution in [2.75, 3.05) is 26.2 Å². The minimum atomic E-state index is -3.42. The minimum absolute atomic E-state index is 0.0276. The number of hydrogen-bond donors (Lipinski definition) is 1. The first kappa shape index (κ1) is 24.0. The van der Waals surface area contributed by atoms with Crippen LogP contribution in [0.2, 0.25) is 0 Å². The van der Waals surface area contributed by atoms with Crippen molar-refractivity contribution in [2.45, 2.75) is 56.4 Å². The highest BCUT2D eigenvalue weighted by molar-refractivity contribution is 7.88. The van der Waals surface area contributed by atoms with Crippen LogP contribution in [0.25, 0.3) is 0 Å². The Morgan fingerprint density at radius 2 is 1.76 bits per heavy atom. The van der Waals surface area contributed by atoms with Crippen LogP contribution in [-0.2, 0) is 15.8 Å². The average Bonchev–Trinajstić information content (AvgIpc) is 2.79. The summed E-state index contributed by atoms with van der Waals surface area (Å²) < 4.78 is 28.3. The van der Waals surface area contributed by atoms with Gasteiger partial charge in [-0.25, -0.2) is 12.7 Å². The first-order chi connectivity index (χ1) is 16.0. The number of aliphatic hydroxyl groups is 1. The molecule has 4 rings (SSSR count). The van der Waals surface area contributed by atoms with Crippen LogP contribution < -0.4 is 0 Å². The molecule has 5 nitrogen and oxygen atoms in total. The summed E-state index contributed by atoms with van der Waals surface area (Å²) in [6.07, 6.45) is 3.71. The zero-order valence-electron chi connectivity index (χ0n) is 19.4. The van der Waals surface area contributed by atoms with Gasteiger partial charge in [0.15, 0.2) is 0 Å². The van der Waals surface area contributed by atoms with Crippen molar-refractivity contribution >= 4 is 10.0 Å². The van der Waals surface area contributed by atoms with E-state index in [4.69, 9.17) is 0 Å². The smallest absolute Gasteiger partial charge is 0.218 e. The molecule has 2 heterocycles. The number of nitrogens with zero attached hydrogens (tertiary/aromatic N) is 2. The fourth-order valence-corrected chi connectivity index (χ4v) is 6.70. The Morgan fingerprint density at radius 3 is 2.45 bits per heavy atom. The van der Waals surface area contributed by atoms with E-state index in [1.165, 1.54) is 0 Å². The van der Waals surface area contributed by atoms with Crippen LogP contribution >= 0.6 is 0 Å². The second-order valence-electron chi connectivity index (χ2n) is 9.06. The molecule has 6 heteroatoms. The van der Waals surface area contributed by atoms with Crippen LogP contribution in [0.5, 0.6) is 0 Å². The first-order valence-corrected chi connectivity index (χ1v) is 13.6. The molecule has 2 saturated heterocycles. The van der Waals surface area contributed by atoms with E-state index in [0.29, 0.717) is 13.1 Å². The summed E-state index contributed by atoms with van der Waals surface area (Å²) in [5, 5.41) is 10.1. The Hall–Kier alpha value is -2.17. The summed E-state index contributed by atoms with van der Waals surface area (Å²) in [7, 11) is -3.42. The number of fused-ring (bicyclic) bond motifs is 1. The monoisotopic (exact) mass is 466 g/mol. The maximum Gasteiger partial charge on any atom is 0.218 e. The van der Waals surface area contributed by atoms with Crippen LogP contribution in [0, 0.1) is 11.8 Å². The Balaban J connectivity index is 1.54. The van der Waals surface area contributed by atoms with Crippen molar-refractivity contribution in [1.82, 2.24) is 9.21 Å². The third-order valence-corrected chi connectivity index (χ3v) is 8.64. The van der Waals surface area contributed by atoms with Gasteiger partial charge in [0.05, 0.1) is 12.4 Å². The van der Waals surface area contributed by atoms with Gasteiger partial charge in [-0.1, -0.05) is 61.2 Å². The molecule has 3 atom stereocenters. The Bertz CT molecular complexity index is 1070. The van der Waals surface area contributed by atoms with E-state index in [9.17, 15) is 13.5 Å². The van der Waals surface area contributed by atoms with Crippen LogP contribution in [0.15, 0.2) is 54.6 Å². The van der Waals surface area contributed by atoms with E-state index in [1.54, 1.807) is 4.31 Å². The lowest BCUT2D eigenvalue weighted by atomic mass is 9.74. The highest BCUT2D eigenvalue weighted by Gasteiger charge is 2.50. The molecule has 0 unspecified atom stereocenters. The fraction of sp³-hybridized carbons (Fsp3) is 0.481. The average molecular weight is 467 g/mol. The van der Waals surface area contributed by atoms with E-state index < -0.39 is 10.0 Å². The third-order valence-electron chi connectivity index (χ3n) is 6.82. The predicted molar refractivity (Wildman–Crippen MR) is 132 cm³/mol. The summed E-state index contributed by atoms with van der Waals surface area (Å²) in [4.78, 5) is 2.31. The molecule has 0 aliphatic carbocycles. The normalized spacial score (nSPS) is 24.0.